The molecule has 24 heavy (non-hydrogen) atoms. The normalized spacial score (nSPS) is 15.2. The fourth-order valence-electron chi connectivity index (χ4n) is 2.76. The number of para-hydroxylation sites is 2. The summed E-state index contributed by atoms with van der Waals surface area (Å²) in [7, 11) is 0. The minimum Gasteiger partial charge on any atom is -0.334 e. The van der Waals surface area contributed by atoms with Crippen molar-refractivity contribution < 1.29 is 9.59 Å². The summed E-state index contributed by atoms with van der Waals surface area (Å²) in [4.78, 5) is 31.1. The number of nitrogens with one attached hydrogen (secondary N) is 4. The zero-order chi connectivity index (χ0) is 16.8. The number of urea groups is 1. The van der Waals surface area contributed by atoms with Crippen molar-refractivity contribution in [3.05, 3.63) is 24.3 Å². The van der Waals surface area contributed by atoms with Crippen molar-refractivity contribution in [3.63, 3.8) is 0 Å². The van der Waals surface area contributed by atoms with Gasteiger partial charge < -0.3 is 10.3 Å². The van der Waals surface area contributed by atoms with Gasteiger partial charge in [0.2, 0.25) is 5.91 Å². The smallest absolute Gasteiger partial charge is 0.333 e. The molecule has 3 rings (SSSR count). The maximum absolute atomic E-state index is 11.8. The number of H-pyrrole nitrogens is 1. The molecule has 0 unspecified atom stereocenters. The van der Waals surface area contributed by atoms with E-state index in [1.807, 2.05) is 24.3 Å². The number of benzene rings is 1. The molecule has 128 valence electrons. The second-order valence-corrected chi connectivity index (χ2v) is 6.79. The average molecular weight is 347 g/mol. The molecule has 0 bridgehead atoms. The number of fused-ring (bicyclic) bond motifs is 1. The Kier molecular flexibility index (Phi) is 5.58. The Morgan fingerprint density at radius 2 is 1.96 bits per heavy atom. The first-order chi connectivity index (χ1) is 11.7. The lowest BCUT2D eigenvalue weighted by molar-refractivity contribution is -0.119. The topological polar surface area (TPSA) is 98.9 Å². The van der Waals surface area contributed by atoms with Gasteiger partial charge in [0.15, 0.2) is 5.16 Å². The van der Waals surface area contributed by atoms with Crippen molar-refractivity contribution in [2.24, 2.45) is 0 Å². The van der Waals surface area contributed by atoms with Crippen LogP contribution in [0.1, 0.15) is 32.1 Å². The molecule has 1 aromatic carbocycles. The quantitative estimate of drug-likeness (QED) is 0.504. The molecule has 1 fully saturated rings. The highest BCUT2D eigenvalue weighted by molar-refractivity contribution is 7.99. The third-order valence-electron chi connectivity index (χ3n) is 3.96. The van der Waals surface area contributed by atoms with Gasteiger partial charge in [0.25, 0.3) is 0 Å². The van der Waals surface area contributed by atoms with Crippen LogP contribution >= 0.6 is 11.8 Å². The summed E-state index contributed by atoms with van der Waals surface area (Å²) >= 11 is 1.29. The Morgan fingerprint density at radius 3 is 2.75 bits per heavy atom. The summed E-state index contributed by atoms with van der Waals surface area (Å²) < 4.78 is 0. The van der Waals surface area contributed by atoms with E-state index in [9.17, 15) is 9.59 Å². The Bertz CT molecular complexity index is 678. The standard InChI is InChI=1S/C16H21N5O2S/c22-14(20-21-15(23)17-11-6-2-1-3-7-11)10-24-16-18-12-8-4-5-9-13(12)19-16/h4-5,8-9,11H,1-3,6-7,10H2,(H,18,19)(H,20,22)(H2,17,21,23). The van der Waals surface area contributed by atoms with Crippen LogP contribution in [0.25, 0.3) is 11.0 Å². The number of imidazole rings is 1. The maximum Gasteiger partial charge on any atom is 0.333 e. The maximum atomic E-state index is 11.8. The summed E-state index contributed by atoms with van der Waals surface area (Å²) in [5, 5.41) is 3.55. The Labute approximate surface area is 144 Å². The van der Waals surface area contributed by atoms with Crippen molar-refractivity contribution in [2.75, 3.05) is 5.75 Å². The van der Waals surface area contributed by atoms with Crippen LogP contribution in [0.15, 0.2) is 29.4 Å². The molecule has 1 aliphatic carbocycles. The number of hydrogen-bond donors (Lipinski definition) is 4. The van der Waals surface area contributed by atoms with Gasteiger partial charge in [-0.3, -0.25) is 10.2 Å². The van der Waals surface area contributed by atoms with Crippen molar-refractivity contribution in [1.82, 2.24) is 26.1 Å². The Balaban J connectivity index is 1.38. The van der Waals surface area contributed by atoms with Gasteiger partial charge in [-0.1, -0.05) is 43.2 Å². The minimum absolute atomic E-state index is 0.170. The van der Waals surface area contributed by atoms with Gasteiger partial charge in [0.1, 0.15) is 0 Å². The van der Waals surface area contributed by atoms with Gasteiger partial charge >= 0.3 is 6.03 Å². The summed E-state index contributed by atoms with van der Waals surface area (Å²) in [6.07, 6.45) is 5.53. The number of aromatic nitrogens is 2. The summed E-state index contributed by atoms with van der Waals surface area (Å²) in [5.41, 5.74) is 6.61. The fourth-order valence-corrected chi connectivity index (χ4v) is 3.45. The first-order valence-corrected chi connectivity index (χ1v) is 9.12. The molecule has 0 aliphatic heterocycles. The molecular weight excluding hydrogens is 326 g/mol. The third kappa shape index (κ3) is 4.64. The molecule has 2 aromatic rings. The summed E-state index contributed by atoms with van der Waals surface area (Å²) in [6.45, 7) is 0. The molecule has 1 aromatic heterocycles. The number of rotatable bonds is 4. The van der Waals surface area contributed by atoms with Gasteiger partial charge in [-0.05, 0) is 25.0 Å². The van der Waals surface area contributed by atoms with E-state index in [0.717, 1.165) is 36.7 Å². The lowest BCUT2D eigenvalue weighted by Gasteiger charge is -2.22. The molecule has 0 radical (unpaired) electrons. The molecule has 7 nitrogen and oxygen atoms in total. The van der Waals surface area contributed by atoms with Gasteiger partial charge in [0, 0.05) is 6.04 Å². The molecule has 0 saturated heterocycles. The second kappa shape index (κ2) is 8.05. The molecule has 1 saturated carbocycles. The largest absolute Gasteiger partial charge is 0.334 e. The minimum atomic E-state index is -0.357. The molecule has 8 heteroatoms. The fraction of sp³-hybridized carbons (Fsp3) is 0.438. The van der Waals surface area contributed by atoms with Crippen LogP contribution in [0, 0.1) is 0 Å². The van der Waals surface area contributed by atoms with E-state index in [-0.39, 0.29) is 23.7 Å². The molecule has 1 heterocycles. The van der Waals surface area contributed by atoms with Crippen LogP contribution < -0.4 is 16.2 Å². The van der Waals surface area contributed by atoms with Gasteiger partial charge in [0.05, 0.1) is 16.8 Å². The highest BCUT2D eigenvalue weighted by atomic mass is 32.2. The number of aromatic amines is 1. The number of thioether (sulfide) groups is 1. The molecular formula is C16H21N5O2S. The number of carbonyl (C=O) groups excluding carboxylic acids is 2. The Hall–Kier alpha value is -2.22. The third-order valence-corrected chi connectivity index (χ3v) is 4.84. The predicted octanol–water partition coefficient (Wildman–Crippen LogP) is 2.32. The number of nitrogens with zero attached hydrogens (tertiary/aromatic N) is 1. The van der Waals surface area contributed by atoms with E-state index in [0.29, 0.717) is 5.16 Å². The zero-order valence-electron chi connectivity index (χ0n) is 13.3. The van der Waals surface area contributed by atoms with E-state index in [4.69, 9.17) is 0 Å². The second-order valence-electron chi connectivity index (χ2n) is 5.83. The van der Waals surface area contributed by atoms with Gasteiger partial charge in [-0.2, -0.15) is 0 Å². The van der Waals surface area contributed by atoms with Crippen LogP contribution in [0.4, 0.5) is 4.79 Å². The van der Waals surface area contributed by atoms with Crippen LogP contribution in [0.5, 0.6) is 0 Å². The number of carbonyl (C=O) groups is 2. The van der Waals surface area contributed by atoms with Crippen LogP contribution in [0.2, 0.25) is 0 Å². The molecule has 0 atom stereocenters. The highest BCUT2D eigenvalue weighted by Gasteiger charge is 2.15. The van der Waals surface area contributed by atoms with Crippen molar-refractivity contribution in [2.45, 2.75) is 43.3 Å². The molecule has 0 spiro atoms. The zero-order valence-corrected chi connectivity index (χ0v) is 14.1. The summed E-state index contributed by atoms with van der Waals surface area (Å²) in [6, 6.07) is 7.54. The highest BCUT2D eigenvalue weighted by Crippen LogP contribution is 2.19. The average Bonchev–Trinajstić information content (AvgIpc) is 3.02. The van der Waals surface area contributed by atoms with E-state index in [1.54, 1.807) is 0 Å². The molecule has 1 aliphatic rings. The molecule has 3 amide bonds. The van der Waals surface area contributed by atoms with Crippen LogP contribution in [-0.4, -0.2) is 33.7 Å². The van der Waals surface area contributed by atoms with Gasteiger partial charge in [-0.15, -0.1) is 0 Å². The number of hydrazine groups is 1. The first-order valence-electron chi connectivity index (χ1n) is 8.13. The number of amides is 3. The first kappa shape index (κ1) is 16.6. The van der Waals surface area contributed by atoms with Crippen LogP contribution in [-0.2, 0) is 4.79 Å². The lowest BCUT2D eigenvalue weighted by Crippen LogP contribution is -2.50. The predicted molar refractivity (Wildman–Crippen MR) is 93.5 cm³/mol. The van der Waals surface area contributed by atoms with E-state index < -0.39 is 0 Å². The number of hydrogen-bond acceptors (Lipinski definition) is 4. The van der Waals surface area contributed by atoms with Crippen molar-refractivity contribution in [3.8, 4) is 0 Å². The molecule has 4 N–H and O–H groups in total. The monoisotopic (exact) mass is 347 g/mol. The summed E-state index contributed by atoms with van der Waals surface area (Å²) in [5.74, 6) is -0.108. The van der Waals surface area contributed by atoms with E-state index in [1.165, 1.54) is 18.2 Å². The Morgan fingerprint density at radius 1 is 1.17 bits per heavy atom. The van der Waals surface area contributed by atoms with Crippen LogP contribution in [0.3, 0.4) is 0 Å². The van der Waals surface area contributed by atoms with Crippen molar-refractivity contribution in [1.29, 1.82) is 0 Å². The van der Waals surface area contributed by atoms with E-state index in [2.05, 4.69) is 26.1 Å². The lowest BCUT2D eigenvalue weighted by atomic mass is 9.96. The SMILES string of the molecule is O=C(CSc1nc2ccccc2[nH]1)NNC(=O)NC1CCCCC1. The van der Waals surface area contributed by atoms with E-state index >= 15 is 0 Å². The van der Waals surface area contributed by atoms with Crippen molar-refractivity contribution >= 4 is 34.7 Å². The van der Waals surface area contributed by atoms with Gasteiger partial charge in [-0.25, -0.2) is 15.2 Å².